The molecule has 0 radical (unpaired) electrons. The van der Waals surface area contributed by atoms with Crippen molar-refractivity contribution in [2.24, 2.45) is 0 Å². The SMILES string of the molecule is Cc1ccc(-c2cc(COC(=O)CSc3nc4ccccc4s3)no2)cc1. The minimum atomic E-state index is -0.306. The van der Waals surface area contributed by atoms with E-state index in [1.54, 1.807) is 17.4 Å². The molecule has 0 aliphatic heterocycles. The van der Waals surface area contributed by atoms with Crippen LogP contribution in [0.25, 0.3) is 21.5 Å². The van der Waals surface area contributed by atoms with Crippen molar-refractivity contribution < 1.29 is 14.1 Å². The number of para-hydroxylation sites is 1. The lowest BCUT2D eigenvalue weighted by Crippen LogP contribution is -2.07. The Kier molecular flexibility index (Phi) is 5.22. The first-order valence-corrected chi connectivity index (χ1v) is 10.1. The lowest BCUT2D eigenvalue weighted by atomic mass is 10.1. The summed E-state index contributed by atoms with van der Waals surface area (Å²) in [5.74, 6) is 0.562. The maximum absolute atomic E-state index is 12.0. The molecule has 0 N–H and O–H groups in total. The monoisotopic (exact) mass is 396 g/mol. The van der Waals surface area contributed by atoms with Gasteiger partial charge in [0.1, 0.15) is 12.3 Å². The van der Waals surface area contributed by atoms with Crippen molar-refractivity contribution in [3.8, 4) is 11.3 Å². The largest absolute Gasteiger partial charge is 0.458 e. The van der Waals surface area contributed by atoms with E-state index >= 15 is 0 Å². The van der Waals surface area contributed by atoms with E-state index in [4.69, 9.17) is 9.26 Å². The van der Waals surface area contributed by atoms with Gasteiger partial charge in [0, 0.05) is 11.6 Å². The van der Waals surface area contributed by atoms with Crippen molar-refractivity contribution in [3.63, 3.8) is 0 Å². The third-order valence-electron chi connectivity index (χ3n) is 3.86. The number of aromatic nitrogens is 2. The molecule has 0 unspecified atom stereocenters. The first kappa shape index (κ1) is 17.8. The lowest BCUT2D eigenvalue weighted by molar-refractivity contribution is -0.141. The van der Waals surface area contributed by atoms with Gasteiger partial charge in [0.15, 0.2) is 10.1 Å². The molecule has 0 saturated heterocycles. The predicted molar refractivity (Wildman–Crippen MR) is 107 cm³/mol. The standard InChI is InChI=1S/C20H16N2O3S2/c1-13-6-8-14(9-7-13)17-10-15(22-25-17)11-24-19(23)12-26-20-21-16-4-2-3-5-18(16)27-20/h2-10H,11-12H2,1H3. The van der Waals surface area contributed by atoms with Crippen LogP contribution in [0.1, 0.15) is 11.3 Å². The minimum Gasteiger partial charge on any atom is -0.458 e. The molecule has 4 aromatic rings. The van der Waals surface area contributed by atoms with Crippen LogP contribution in [0.5, 0.6) is 0 Å². The van der Waals surface area contributed by atoms with E-state index in [1.807, 2.05) is 55.5 Å². The predicted octanol–water partition coefficient (Wildman–Crippen LogP) is 5.10. The fourth-order valence-electron chi connectivity index (χ4n) is 2.46. The molecule has 2 heterocycles. The Morgan fingerprint density at radius 2 is 2.00 bits per heavy atom. The number of carbonyl (C=O) groups is 1. The van der Waals surface area contributed by atoms with E-state index in [0.29, 0.717) is 11.5 Å². The van der Waals surface area contributed by atoms with E-state index in [2.05, 4.69) is 10.1 Å². The maximum atomic E-state index is 12.0. The molecule has 0 saturated carbocycles. The number of hydrogen-bond donors (Lipinski definition) is 0. The summed E-state index contributed by atoms with van der Waals surface area (Å²) < 4.78 is 12.6. The summed E-state index contributed by atoms with van der Waals surface area (Å²) in [6.45, 7) is 2.12. The van der Waals surface area contributed by atoms with Gasteiger partial charge in [0.25, 0.3) is 0 Å². The fourth-order valence-corrected chi connectivity index (χ4v) is 4.33. The number of ether oxygens (including phenoxy) is 1. The summed E-state index contributed by atoms with van der Waals surface area (Å²) >= 11 is 2.95. The summed E-state index contributed by atoms with van der Waals surface area (Å²) in [6, 6.07) is 17.7. The second-order valence-electron chi connectivity index (χ2n) is 5.95. The smallest absolute Gasteiger partial charge is 0.316 e. The van der Waals surface area contributed by atoms with E-state index < -0.39 is 0 Å². The summed E-state index contributed by atoms with van der Waals surface area (Å²) in [5.41, 5.74) is 3.66. The number of fused-ring (bicyclic) bond motifs is 1. The molecule has 27 heavy (non-hydrogen) atoms. The molecule has 0 aliphatic rings. The van der Waals surface area contributed by atoms with E-state index in [-0.39, 0.29) is 18.3 Å². The quantitative estimate of drug-likeness (QED) is 0.334. The average molecular weight is 396 g/mol. The van der Waals surface area contributed by atoms with Gasteiger partial charge in [-0.1, -0.05) is 58.9 Å². The van der Waals surface area contributed by atoms with E-state index in [1.165, 1.54) is 17.3 Å². The molecule has 0 atom stereocenters. The molecule has 7 heteroatoms. The van der Waals surface area contributed by atoms with Crippen LogP contribution in [0.2, 0.25) is 0 Å². The first-order valence-electron chi connectivity index (χ1n) is 8.34. The van der Waals surface area contributed by atoms with Crippen molar-refractivity contribution in [1.29, 1.82) is 0 Å². The van der Waals surface area contributed by atoms with Crippen LogP contribution >= 0.6 is 23.1 Å². The highest BCUT2D eigenvalue weighted by Crippen LogP contribution is 2.29. The van der Waals surface area contributed by atoms with Gasteiger partial charge in [-0.3, -0.25) is 4.79 Å². The Balaban J connectivity index is 1.29. The molecule has 2 aromatic carbocycles. The summed E-state index contributed by atoms with van der Waals surface area (Å²) in [7, 11) is 0. The first-order chi connectivity index (χ1) is 13.2. The number of esters is 1. The van der Waals surface area contributed by atoms with Crippen molar-refractivity contribution in [2.45, 2.75) is 17.9 Å². The molecular weight excluding hydrogens is 380 g/mol. The van der Waals surface area contributed by atoms with Gasteiger partial charge in [-0.2, -0.15) is 0 Å². The highest BCUT2D eigenvalue weighted by molar-refractivity contribution is 8.01. The third-order valence-corrected chi connectivity index (χ3v) is 6.02. The minimum absolute atomic E-state index is 0.0919. The zero-order valence-electron chi connectivity index (χ0n) is 14.5. The van der Waals surface area contributed by atoms with Crippen molar-refractivity contribution in [2.75, 3.05) is 5.75 Å². The second kappa shape index (κ2) is 7.94. The van der Waals surface area contributed by atoms with Gasteiger partial charge < -0.3 is 9.26 Å². The van der Waals surface area contributed by atoms with Gasteiger partial charge in [-0.25, -0.2) is 4.98 Å². The Morgan fingerprint density at radius 1 is 1.19 bits per heavy atom. The van der Waals surface area contributed by atoms with Gasteiger partial charge in [0.05, 0.1) is 16.0 Å². The van der Waals surface area contributed by atoms with E-state index in [0.717, 1.165) is 20.1 Å². The maximum Gasteiger partial charge on any atom is 0.316 e. The molecule has 136 valence electrons. The average Bonchev–Trinajstić information content (AvgIpc) is 3.32. The molecular formula is C20H16N2O3S2. The van der Waals surface area contributed by atoms with Crippen LogP contribution in [0.3, 0.4) is 0 Å². The highest BCUT2D eigenvalue weighted by Gasteiger charge is 2.11. The number of thiazole rings is 1. The number of rotatable bonds is 6. The Bertz CT molecular complexity index is 1040. The van der Waals surface area contributed by atoms with E-state index in [9.17, 15) is 4.79 Å². The lowest BCUT2D eigenvalue weighted by Gasteiger charge is -2.00. The number of benzene rings is 2. The summed E-state index contributed by atoms with van der Waals surface area (Å²) in [5, 5.41) is 3.96. The number of nitrogens with zero attached hydrogens (tertiary/aromatic N) is 2. The Morgan fingerprint density at radius 3 is 2.81 bits per heavy atom. The molecule has 4 rings (SSSR count). The topological polar surface area (TPSA) is 65.2 Å². The Labute approximate surface area is 164 Å². The van der Waals surface area contributed by atoms with Crippen LogP contribution < -0.4 is 0 Å². The van der Waals surface area contributed by atoms with Crippen LogP contribution in [-0.4, -0.2) is 21.9 Å². The second-order valence-corrected chi connectivity index (χ2v) is 8.20. The van der Waals surface area contributed by atoms with Crippen molar-refractivity contribution >= 4 is 39.3 Å². The van der Waals surface area contributed by atoms with Gasteiger partial charge >= 0.3 is 5.97 Å². The summed E-state index contributed by atoms with van der Waals surface area (Å²) in [4.78, 5) is 16.5. The van der Waals surface area contributed by atoms with Gasteiger partial charge in [0.2, 0.25) is 0 Å². The molecule has 0 bridgehead atoms. The molecule has 0 spiro atoms. The summed E-state index contributed by atoms with van der Waals surface area (Å²) in [6.07, 6.45) is 0. The fraction of sp³-hybridized carbons (Fsp3) is 0.150. The number of thioether (sulfide) groups is 1. The van der Waals surface area contributed by atoms with Crippen LogP contribution in [0.4, 0.5) is 0 Å². The van der Waals surface area contributed by atoms with Gasteiger partial charge in [-0.15, -0.1) is 11.3 Å². The van der Waals surface area contributed by atoms with Crippen molar-refractivity contribution in [1.82, 2.24) is 10.1 Å². The van der Waals surface area contributed by atoms with Crippen LogP contribution in [0, 0.1) is 6.92 Å². The molecule has 0 amide bonds. The Hall–Kier alpha value is -2.64. The van der Waals surface area contributed by atoms with Crippen LogP contribution in [0.15, 0.2) is 63.5 Å². The molecule has 5 nitrogen and oxygen atoms in total. The molecule has 2 aromatic heterocycles. The number of aryl methyl sites for hydroxylation is 1. The highest BCUT2D eigenvalue weighted by atomic mass is 32.2. The molecule has 0 fully saturated rings. The third kappa shape index (κ3) is 4.37. The molecule has 0 aliphatic carbocycles. The number of hydrogen-bond acceptors (Lipinski definition) is 7. The van der Waals surface area contributed by atoms with Crippen molar-refractivity contribution in [3.05, 3.63) is 65.9 Å². The van der Waals surface area contributed by atoms with Gasteiger partial charge in [-0.05, 0) is 19.1 Å². The normalized spacial score (nSPS) is 11.0. The van der Waals surface area contributed by atoms with Crippen LogP contribution in [-0.2, 0) is 16.1 Å². The zero-order chi connectivity index (χ0) is 18.6. The number of carbonyl (C=O) groups excluding carboxylic acids is 1. The zero-order valence-corrected chi connectivity index (χ0v) is 16.2.